The van der Waals surface area contributed by atoms with Crippen molar-refractivity contribution in [3.05, 3.63) is 23.9 Å². The molecule has 1 aromatic rings. The molecule has 0 spiro atoms. The van der Waals surface area contributed by atoms with Crippen LogP contribution in [0.3, 0.4) is 0 Å². The fraction of sp³-hybridized carbons (Fsp3) is 0.500. The average molecular weight is 274 g/mol. The summed E-state index contributed by atoms with van der Waals surface area (Å²) < 4.78 is 37.6. The van der Waals surface area contributed by atoms with Gasteiger partial charge in [0.05, 0.1) is 11.5 Å². The van der Waals surface area contributed by atoms with E-state index < -0.39 is 18.1 Å². The molecule has 0 amide bonds. The second-order valence-corrected chi connectivity index (χ2v) is 4.51. The van der Waals surface area contributed by atoms with Gasteiger partial charge in [-0.3, -0.25) is 0 Å². The minimum absolute atomic E-state index is 0.0163. The normalized spacial score (nSPS) is 17.5. The Bertz CT molecular complexity index is 468. The molecular formula is C12H13F3N2O2. The highest BCUT2D eigenvalue weighted by Crippen LogP contribution is 2.35. The Labute approximate surface area is 107 Å². The minimum atomic E-state index is -4.15. The fourth-order valence-corrected chi connectivity index (χ4v) is 2.16. The van der Waals surface area contributed by atoms with E-state index in [0.29, 0.717) is 5.82 Å². The Morgan fingerprint density at radius 1 is 1.37 bits per heavy atom. The first-order valence-electron chi connectivity index (χ1n) is 5.89. The van der Waals surface area contributed by atoms with Gasteiger partial charge < -0.3 is 10.0 Å². The van der Waals surface area contributed by atoms with Gasteiger partial charge in [-0.25, -0.2) is 9.78 Å². The van der Waals surface area contributed by atoms with E-state index in [2.05, 4.69) is 4.98 Å². The highest BCUT2D eigenvalue weighted by Gasteiger charge is 2.41. The number of pyridine rings is 1. The number of carbonyl (C=O) groups is 1. The number of piperidine rings is 1. The number of carboxylic acid groups (broad SMARTS) is 1. The number of anilines is 1. The molecule has 0 atom stereocenters. The molecule has 0 bridgehead atoms. The zero-order chi connectivity index (χ0) is 14.0. The number of hydrogen-bond donors (Lipinski definition) is 1. The lowest BCUT2D eigenvalue weighted by Crippen LogP contribution is -2.39. The molecule has 1 fully saturated rings. The van der Waals surface area contributed by atoms with Crippen LogP contribution in [0.2, 0.25) is 0 Å². The summed E-state index contributed by atoms with van der Waals surface area (Å²) in [6.07, 6.45) is -2.76. The number of rotatable bonds is 2. The van der Waals surface area contributed by atoms with Gasteiger partial charge in [-0.15, -0.1) is 0 Å². The highest BCUT2D eigenvalue weighted by atomic mass is 19.4. The van der Waals surface area contributed by atoms with Gasteiger partial charge in [-0.05, 0) is 25.0 Å². The van der Waals surface area contributed by atoms with Crippen LogP contribution in [0.25, 0.3) is 0 Å². The van der Waals surface area contributed by atoms with Crippen LogP contribution in [0.4, 0.5) is 19.0 Å². The molecule has 0 aliphatic carbocycles. The Morgan fingerprint density at radius 2 is 2.00 bits per heavy atom. The molecule has 1 aliphatic heterocycles. The molecule has 0 saturated carbocycles. The molecule has 7 heteroatoms. The van der Waals surface area contributed by atoms with Crippen molar-refractivity contribution in [1.29, 1.82) is 0 Å². The van der Waals surface area contributed by atoms with Crippen LogP contribution in [0.1, 0.15) is 23.2 Å². The van der Waals surface area contributed by atoms with Crippen LogP contribution < -0.4 is 4.90 Å². The molecule has 1 aromatic heterocycles. The quantitative estimate of drug-likeness (QED) is 0.900. The van der Waals surface area contributed by atoms with Crippen molar-refractivity contribution < 1.29 is 23.1 Å². The molecule has 0 radical (unpaired) electrons. The monoisotopic (exact) mass is 274 g/mol. The predicted octanol–water partition coefficient (Wildman–Crippen LogP) is 2.56. The number of aromatic carboxylic acids is 1. The zero-order valence-corrected chi connectivity index (χ0v) is 10.0. The van der Waals surface area contributed by atoms with Crippen molar-refractivity contribution >= 4 is 11.8 Å². The standard InChI is InChI=1S/C12H13F3N2O2/c13-12(14,15)9-2-5-17(6-3-9)10-7-8(11(18)19)1-4-16-10/h1,4,7,9H,2-3,5-6H2,(H,18,19). The molecule has 1 saturated heterocycles. The topological polar surface area (TPSA) is 53.4 Å². The van der Waals surface area contributed by atoms with Crippen LogP contribution >= 0.6 is 0 Å². The van der Waals surface area contributed by atoms with Gasteiger partial charge in [0.2, 0.25) is 0 Å². The molecule has 4 nitrogen and oxygen atoms in total. The van der Waals surface area contributed by atoms with Gasteiger partial charge in [0.25, 0.3) is 0 Å². The molecule has 1 aliphatic rings. The number of alkyl halides is 3. The van der Waals surface area contributed by atoms with Gasteiger partial charge in [-0.2, -0.15) is 13.2 Å². The van der Waals surface area contributed by atoms with E-state index in [1.165, 1.54) is 18.3 Å². The summed E-state index contributed by atoms with van der Waals surface area (Å²) in [7, 11) is 0. The summed E-state index contributed by atoms with van der Waals surface area (Å²) in [5.41, 5.74) is 0.0861. The van der Waals surface area contributed by atoms with E-state index in [1.807, 2.05) is 0 Å². The Hall–Kier alpha value is -1.79. The van der Waals surface area contributed by atoms with E-state index in [4.69, 9.17) is 5.11 Å². The Kier molecular flexibility index (Phi) is 3.64. The van der Waals surface area contributed by atoms with E-state index in [9.17, 15) is 18.0 Å². The summed E-state index contributed by atoms with van der Waals surface area (Å²) in [5.74, 6) is -1.93. The molecule has 0 unspecified atom stereocenters. The maximum atomic E-state index is 12.5. The minimum Gasteiger partial charge on any atom is -0.478 e. The molecule has 19 heavy (non-hydrogen) atoms. The van der Waals surface area contributed by atoms with Crippen LogP contribution in [0, 0.1) is 5.92 Å². The third-order valence-corrected chi connectivity index (χ3v) is 3.27. The summed E-state index contributed by atoms with van der Waals surface area (Å²) >= 11 is 0. The smallest absolute Gasteiger partial charge is 0.391 e. The molecule has 2 heterocycles. The molecular weight excluding hydrogens is 261 g/mol. The summed E-state index contributed by atoms with van der Waals surface area (Å²) in [4.78, 5) is 16.5. The summed E-state index contributed by atoms with van der Waals surface area (Å²) in [6, 6.07) is 2.74. The van der Waals surface area contributed by atoms with Crippen molar-refractivity contribution in [2.45, 2.75) is 19.0 Å². The lowest BCUT2D eigenvalue weighted by Gasteiger charge is -2.33. The highest BCUT2D eigenvalue weighted by molar-refractivity contribution is 5.88. The van der Waals surface area contributed by atoms with Crippen LogP contribution in [0.5, 0.6) is 0 Å². The third-order valence-electron chi connectivity index (χ3n) is 3.27. The predicted molar refractivity (Wildman–Crippen MR) is 62.2 cm³/mol. The Balaban J connectivity index is 2.05. The van der Waals surface area contributed by atoms with Gasteiger partial charge >= 0.3 is 12.1 Å². The third kappa shape index (κ3) is 3.15. The zero-order valence-electron chi connectivity index (χ0n) is 10.0. The van der Waals surface area contributed by atoms with Crippen molar-refractivity contribution in [3.8, 4) is 0 Å². The number of nitrogens with zero attached hydrogens (tertiary/aromatic N) is 2. The molecule has 104 valence electrons. The molecule has 0 aromatic carbocycles. The number of halogens is 3. The first kappa shape index (κ1) is 13.6. The molecule has 2 rings (SSSR count). The second kappa shape index (κ2) is 5.07. The average Bonchev–Trinajstić information content (AvgIpc) is 2.38. The Morgan fingerprint density at radius 3 is 2.53 bits per heavy atom. The SMILES string of the molecule is O=C(O)c1ccnc(N2CCC(C(F)(F)F)CC2)c1. The van der Waals surface area contributed by atoms with E-state index in [-0.39, 0.29) is 31.5 Å². The lowest BCUT2D eigenvalue weighted by molar-refractivity contribution is -0.179. The largest absolute Gasteiger partial charge is 0.478 e. The maximum absolute atomic E-state index is 12.5. The van der Waals surface area contributed by atoms with Gasteiger partial charge in [0.1, 0.15) is 5.82 Å². The van der Waals surface area contributed by atoms with Crippen molar-refractivity contribution in [2.24, 2.45) is 5.92 Å². The maximum Gasteiger partial charge on any atom is 0.391 e. The van der Waals surface area contributed by atoms with Crippen LogP contribution in [0.15, 0.2) is 18.3 Å². The summed E-state index contributed by atoms with van der Waals surface area (Å²) in [6.45, 7) is 0.473. The van der Waals surface area contributed by atoms with E-state index in [0.717, 1.165) is 0 Å². The number of carboxylic acids is 1. The van der Waals surface area contributed by atoms with Gasteiger partial charge in [0.15, 0.2) is 0 Å². The number of hydrogen-bond acceptors (Lipinski definition) is 3. The van der Waals surface area contributed by atoms with Crippen molar-refractivity contribution in [1.82, 2.24) is 4.98 Å². The molecule has 1 N–H and O–H groups in total. The van der Waals surface area contributed by atoms with Crippen molar-refractivity contribution in [2.75, 3.05) is 18.0 Å². The summed E-state index contributed by atoms with van der Waals surface area (Å²) in [5, 5.41) is 8.86. The fourth-order valence-electron chi connectivity index (χ4n) is 2.16. The van der Waals surface area contributed by atoms with E-state index in [1.54, 1.807) is 4.90 Å². The first-order valence-corrected chi connectivity index (χ1v) is 5.89. The van der Waals surface area contributed by atoms with Crippen molar-refractivity contribution in [3.63, 3.8) is 0 Å². The van der Waals surface area contributed by atoms with E-state index >= 15 is 0 Å². The van der Waals surface area contributed by atoms with Gasteiger partial charge in [0, 0.05) is 19.3 Å². The van der Waals surface area contributed by atoms with Crippen LogP contribution in [-0.2, 0) is 0 Å². The van der Waals surface area contributed by atoms with Gasteiger partial charge in [-0.1, -0.05) is 0 Å². The second-order valence-electron chi connectivity index (χ2n) is 4.51. The number of aromatic nitrogens is 1. The van der Waals surface area contributed by atoms with Crippen LogP contribution in [-0.4, -0.2) is 35.3 Å². The lowest BCUT2D eigenvalue weighted by atomic mass is 9.96. The first-order chi connectivity index (χ1) is 8.88.